The lowest BCUT2D eigenvalue weighted by Crippen LogP contribution is -1.78. The van der Waals surface area contributed by atoms with Crippen LogP contribution in [-0.2, 0) is 0 Å². The van der Waals surface area contributed by atoms with Crippen molar-refractivity contribution in [3.63, 3.8) is 0 Å². The SMILES string of the molecule is O=NCCCCBr. The monoisotopic (exact) mass is 165 g/mol. The molecular weight excluding hydrogens is 158 g/mol. The number of unbranched alkanes of at least 4 members (excludes halogenated alkanes) is 1. The van der Waals surface area contributed by atoms with E-state index in [0.717, 1.165) is 18.2 Å². The molecule has 0 fully saturated rings. The fourth-order valence-electron chi connectivity index (χ4n) is 0.271. The lowest BCUT2D eigenvalue weighted by atomic mass is 10.3. The Morgan fingerprint density at radius 1 is 1.43 bits per heavy atom. The maximum absolute atomic E-state index is 9.41. The number of rotatable bonds is 4. The van der Waals surface area contributed by atoms with Crippen LogP contribution < -0.4 is 0 Å². The number of halogens is 1. The number of nitrogens with zero attached hydrogens (tertiary/aromatic N) is 1. The molecule has 0 saturated carbocycles. The van der Waals surface area contributed by atoms with Gasteiger partial charge in [-0.1, -0.05) is 21.1 Å². The van der Waals surface area contributed by atoms with Crippen LogP contribution in [0.3, 0.4) is 0 Å². The Morgan fingerprint density at radius 3 is 2.57 bits per heavy atom. The van der Waals surface area contributed by atoms with Gasteiger partial charge in [0.2, 0.25) is 0 Å². The molecule has 0 bridgehead atoms. The highest BCUT2D eigenvalue weighted by atomic mass is 79.9. The first-order chi connectivity index (χ1) is 3.41. The Balaban J connectivity index is 2.56. The van der Waals surface area contributed by atoms with Crippen LogP contribution in [0.4, 0.5) is 0 Å². The molecule has 2 nitrogen and oxygen atoms in total. The summed E-state index contributed by atoms with van der Waals surface area (Å²) in [5, 5.41) is 3.68. The predicted octanol–water partition coefficient (Wildman–Crippen LogP) is 1.93. The van der Waals surface area contributed by atoms with Gasteiger partial charge >= 0.3 is 0 Å². The Labute approximate surface area is 51.4 Å². The van der Waals surface area contributed by atoms with Gasteiger partial charge in [-0.05, 0) is 12.8 Å². The van der Waals surface area contributed by atoms with Crippen LogP contribution in [0.2, 0.25) is 0 Å². The van der Waals surface area contributed by atoms with E-state index in [1.807, 2.05) is 0 Å². The van der Waals surface area contributed by atoms with Crippen LogP contribution in [-0.4, -0.2) is 11.9 Å². The average molecular weight is 166 g/mol. The summed E-state index contributed by atoms with van der Waals surface area (Å²) in [6.45, 7) is 0.464. The van der Waals surface area contributed by atoms with Crippen LogP contribution in [0.15, 0.2) is 5.18 Å². The summed E-state index contributed by atoms with van der Waals surface area (Å²) in [7, 11) is 0. The minimum Gasteiger partial charge on any atom is -0.151 e. The lowest BCUT2D eigenvalue weighted by molar-refractivity contribution is 0.815. The van der Waals surface area contributed by atoms with Crippen molar-refractivity contribution < 1.29 is 0 Å². The van der Waals surface area contributed by atoms with E-state index in [9.17, 15) is 4.91 Å². The Kier molecular flexibility index (Phi) is 6.15. The second-order valence-electron chi connectivity index (χ2n) is 1.25. The van der Waals surface area contributed by atoms with Crippen LogP contribution in [0.25, 0.3) is 0 Å². The van der Waals surface area contributed by atoms with E-state index >= 15 is 0 Å². The minimum atomic E-state index is 0.464. The van der Waals surface area contributed by atoms with Gasteiger partial charge in [0, 0.05) is 5.33 Å². The number of hydrogen-bond acceptors (Lipinski definition) is 2. The molecule has 0 heterocycles. The van der Waals surface area contributed by atoms with Gasteiger partial charge in [-0.3, -0.25) is 0 Å². The zero-order chi connectivity index (χ0) is 5.54. The Morgan fingerprint density at radius 2 is 2.14 bits per heavy atom. The highest BCUT2D eigenvalue weighted by molar-refractivity contribution is 9.09. The molecule has 3 heteroatoms. The third-order valence-electron chi connectivity index (χ3n) is 0.633. The first kappa shape index (κ1) is 7.08. The van der Waals surface area contributed by atoms with Crippen molar-refractivity contribution in [3.8, 4) is 0 Å². The highest BCUT2D eigenvalue weighted by Crippen LogP contribution is 1.92. The van der Waals surface area contributed by atoms with E-state index in [0.29, 0.717) is 6.54 Å². The second kappa shape index (κ2) is 6.08. The molecule has 0 aliphatic heterocycles. The predicted molar refractivity (Wildman–Crippen MR) is 33.7 cm³/mol. The zero-order valence-corrected chi connectivity index (χ0v) is 5.65. The van der Waals surface area contributed by atoms with Gasteiger partial charge < -0.3 is 0 Å². The third kappa shape index (κ3) is 6.08. The molecule has 0 aliphatic carbocycles. The molecule has 0 rings (SSSR count). The summed E-state index contributed by atoms with van der Waals surface area (Å²) >= 11 is 3.24. The largest absolute Gasteiger partial charge is 0.151 e. The van der Waals surface area contributed by atoms with Crippen molar-refractivity contribution in [2.24, 2.45) is 5.18 Å². The van der Waals surface area contributed by atoms with Gasteiger partial charge in [0.15, 0.2) is 0 Å². The van der Waals surface area contributed by atoms with Crippen molar-refractivity contribution in [3.05, 3.63) is 4.91 Å². The van der Waals surface area contributed by atoms with Crippen molar-refractivity contribution in [2.75, 3.05) is 11.9 Å². The molecule has 0 aliphatic rings. The van der Waals surface area contributed by atoms with Gasteiger partial charge in [0.1, 0.15) is 0 Å². The van der Waals surface area contributed by atoms with Gasteiger partial charge in [-0.2, -0.15) is 4.91 Å². The first-order valence-electron chi connectivity index (χ1n) is 2.27. The Hall–Kier alpha value is 0.0800. The first-order valence-corrected chi connectivity index (χ1v) is 3.39. The number of hydrogen-bond donors (Lipinski definition) is 0. The molecule has 0 radical (unpaired) electrons. The topological polar surface area (TPSA) is 29.4 Å². The van der Waals surface area contributed by atoms with Crippen LogP contribution in [0.5, 0.6) is 0 Å². The zero-order valence-electron chi connectivity index (χ0n) is 4.06. The summed E-state index contributed by atoms with van der Waals surface area (Å²) in [5.41, 5.74) is 0. The number of nitroso groups, excluding NO2 is 1. The second-order valence-corrected chi connectivity index (χ2v) is 2.04. The Bertz CT molecular complexity index is 49.0. The molecule has 42 valence electrons. The minimum absolute atomic E-state index is 0.464. The highest BCUT2D eigenvalue weighted by Gasteiger charge is 1.81. The van der Waals surface area contributed by atoms with E-state index in [-0.39, 0.29) is 0 Å². The average Bonchev–Trinajstić information content (AvgIpc) is 1.69. The lowest BCUT2D eigenvalue weighted by Gasteiger charge is -1.83. The molecular formula is C4H8BrNO. The van der Waals surface area contributed by atoms with E-state index in [1.54, 1.807) is 0 Å². The maximum Gasteiger partial charge on any atom is 0.0811 e. The molecule has 0 atom stereocenters. The van der Waals surface area contributed by atoms with Crippen LogP contribution >= 0.6 is 15.9 Å². The third-order valence-corrected chi connectivity index (χ3v) is 1.19. The molecule has 0 amide bonds. The van der Waals surface area contributed by atoms with Gasteiger partial charge in [-0.15, -0.1) is 0 Å². The van der Waals surface area contributed by atoms with Gasteiger partial charge in [-0.25, -0.2) is 0 Å². The molecule has 0 saturated heterocycles. The van der Waals surface area contributed by atoms with Crippen molar-refractivity contribution in [1.82, 2.24) is 0 Å². The van der Waals surface area contributed by atoms with Crippen molar-refractivity contribution in [2.45, 2.75) is 12.8 Å². The molecule has 0 spiro atoms. The summed E-state index contributed by atoms with van der Waals surface area (Å²) in [4.78, 5) is 9.41. The van der Waals surface area contributed by atoms with Crippen LogP contribution in [0.1, 0.15) is 12.8 Å². The summed E-state index contributed by atoms with van der Waals surface area (Å²) in [6, 6.07) is 0. The standard InChI is InChI=1S/C4H8BrNO/c5-3-1-2-4-6-7/h1-4H2. The molecule has 0 unspecified atom stereocenters. The van der Waals surface area contributed by atoms with E-state index in [2.05, 4.69) is 21.1 Å². The molecule has 0 aromatic rings. The molecule has 0 aromatic carbocycles. The van der Waals surface area contributed by atoms with Crippen molar-refractivity contribution in [1.29, 1.82) is 0 Å². The molecule has 0 aromatic heterocycles. The fourth-order valence-corrected chi connectivity index (χ4v) is 0.667. The quantitative estimate of drug-likeness (QED) is 0.356. The van der Waals surface area contributed by atoms with E-state index in [1.165, 1.54) is 0 Å². The summed E-state index contributed by atoms with van der Waals surface area (Å²) in [6.07, 6.45) is 1.96. The van der Waals surface area contributed by atoms with Crippen molar-refractivity contribution >= 4 is 15.9 Å². The molecule has 7 heavy (non-hydrogen) atoms. The van der Waals surface area contributed by atoms with E-state index < -0.39 is 0 Å². The summed E-state index contributed by atoms with van der Waals surface area (Å²) < 4.78 is 0. The van der Waals surface area contributed by atoms with E-state index in [4.69, 9.17) is 0 Å². The fraction of sp³-hybridized carbons (Fsp3) is 1.00. The summed E-state index contributed by atoms with van der Waals surface area (Å²) in [5.74, 6) is 0. The molecule has 0 N–H and O–H groups in total. The van der Waals surface area contributed by atoms with Gasteiger partial charge in [0.25, 0.3) is 0 Å². The normalized spacial score (nSPS) is 8.71. The van der Waals surface area contributed by atoms with Gasteiger partial charge in [0.05, 0.1) is 6.54 Å². The smallest absolute Gasteiger partial charge is 0.0811 e. The maximum atomic E-state index is 9.41. The van der Waals surface area contributed by atoms with Crippen LogP contribution in [0, 0.1) is 4.91 Å². The number of alkyl halides is 1.